The van der Waals surface area contributed by atoms with Crippen molar-refractivity contribution in [3.8, 4) is 0 Å². The van der Waals surface area contributed by atoms with E-state index in [1.54, 1.807) is 7.11 Å². The quantitative estimate of drug-likeness (QED) is 0.395. The van der Waals surface area contributed by atoms with E-state index in [1.165, 1.54) is 18.1 Å². The van der Waals surface area contributed by atoms with E-state index in [0.717, 1.165) is 43.2 Å². The number of hydrogen-bond acceptors (Lipinski definition) is 3. The molecule has 3 nitrogen and oxygen atoms in total. The first-order chi connectivity index (χ1) is 10.1. The van der Waals surface area contributed by atoms with Gasteiger partial charge in [0, 0.05) is 37.7 Å². The molecular weight excluding hydrogens is 259 g/mol. The molecule has 116 valence electrons. The summed E-state index contributed by atoms with van der Waals surface area (Å²) >= 11 is 0. The fourth-order valence-corrected chi connectivity index (χ4v) is 2.60. The van der Waals surface area contributed by atoms with E-state index in [9.17, 15) is 0 Å². The highest BCUT2D eigenvalue weighted by Gasteiger charge is 2.12. The summed E-state index contributed by atoms with van der Waals surface area (Å²) in [4.78, 5) is 0. The van der Waals surface area contributed by atoms with Crippen molar-refractivity contribution < 1.29 is 4.74 Å². The molecule has 0 amide bonds. The molecule has 0 heterocycles. The van der Waals surface area contributed by atoms with Crippen LogP contribution in [-0.4, -0.2) is 34.3 Å². The van der Waals surface area contributed by atoms with E-state index < -0.39 is 0 Å². The second kappa shape index (κ2) is 9.61. The molecule has 0 aliphatic rings. The monoisotopic (exact) mass is 288 g/mol. The lowest BCUT2D eigenvalue weighted by Gasteiger charge is -2.20. The van der Waals surface area contributed by atoms with Gasteiger partial charge >= 0.3 is 0 Å². The fraction of sp³-hybridized carbons (Fsp3) is 0.588. The minimum atomic E-state index is 0.704. The molecule has 0 saturated heterocycles. The number of ether oxygens (including phenoxy) is 1. The van der Waals surface area contributed by atoms with Gasteiger partial charge in [0.2, 0.25) is 0 Å². The highest BCUT2D eigenvalue weighted by molar-refractivity contribution is 6.08. The number of rotatable bonds is 10. The standard InChI is InChI=1S/C17H29BN2O/c1-13(2)16(11-18)9-14-5-6-15(12-19)17(10-14)20-7-4-8-21-3/h5-6,10,12-13,16,19-20H,4,7-9,11,18H2,1-3H3/t16-/m0/s1. The number of hydrogen-bond donors (Lipinski definition) is 2. The number of methoxy groups -OCH3 is 1. The molecule has 0 spiro atoms. The Balaban J connectivity index is 2.76. The van der Waals surface area contributed by atoms with Crippen LogP contribution in [0, 0.1) is 17.2 Å². The van der Waals surface area contributed by atoms with Crippen LogP contribution in [0.25, 0.3) is 0 Å². The molecule has 1 aromatic carbocycles. The minimum absolute atomic E-state index is 0.704. The zero-order valence-corrected chi connectivity index (χ0v) is 13.9. The summed E-state index contributed by atoms with van der Waals surface area (Å²) in [5, 5.41) is 11.0. The van der Waals surface area contributed by atoms with E-state index in [-0.39, 0.29) is 0 Å². The second-order valence-corrected chi connectivity index (χ2v) is 5.96. The maximum atomic E-state index is 7.53. The van der Waals surface area contributed by atoms with E-state index in [1.807, 2.05) is 6.07 Å². The Hall–Kier alpha value is -1.29. The predicted octanol–water partition coefficient (Wildman–Crippen LogP) is 3.00. The van der Waals surface area contributed by atoms with Crippen LogP contribution >= 0.6 is 0 Å². The number of anilines is 1. The van der Waals surface area contributed by atoms with Gasteiger partial charge in [-0.25, -0.2) is 0 Å². The molecule has 1 aromatic rings. The van der Waals surface area contributed by atoms with Crippen LogP contribution in [0.15, 0.2) is 18.2 Å². The molecular formula is C17H29BN2O. The molecule has 0 aliphatic carbocycles. The highest BCUT2D eigenvalue weighted by Crippen LogP contribution is 2.23. The molecule has 0 unspecified atom stereocenters. The summed E-state index contributed by atoms with van der Waals surface area (Å²) in [5.41, 5.74) is 3.38. The number of benzene rings is 1. The Labute approximate surface area is 130 Å². The summed E-state index contributed by atoms with van der Waals surface area (Å²) in [6.07, 6.45) is 4.71. The van der Waals surface area contributed by atoms with Gasteiger partial charge in [-0.3, -0.25) is 0 Å². The van der Waals surface area contributed by atoms with Crippen LogP contribution in [-0.2, 0) is 11.2 Å². The summed E-state index contributed by atoms with van der Waals surface area (Å²) < 4.78 is 5.07. The smallest absolute Gasteiger partial charge is 0.101 e. The molecule has 21 heavy (non-hydrogen) atoms. The van der Waals surface area contributed by atoms with E-state index in [2.05, 4.69) is 39.1 Å². The van der Waals surface area contributed by atoms with Gasteiger partial charge in [-0.05, 0) is 36.3 Å². The zero-order chi connectivity index (χ0) is 15.7. The lowest BCUT2D eigenvalue weighted by Crippen LogP contribution is -2.12. The van der Waals surface area contributed by atoms with Gasteiger partial charge in [0.1, 0.15) is 7.85 Å². The van der Waals surface area contributed by atoms with Crippen LogP contribution in [0.5, 0.6) is 0 Å². The Morgan fingerprint density at radius 2 is 2.14 bits per heavy atom. The van der Waals surface area contributed by atoms with Crippen molar-refractivity contribution in [2.45, 2.75) is 33.0 Å². The van der Waals surface area contributed by atoms with Crippen molar-refractivity contribution in [2.75, 3.05) is 25.6 Å². The molecule has 1 atom stereocenters. The lowest BCUT2D eigenvalue weighted by molar-refractivity contribution is 0.198. The molecule has 0 aliphatic heterocycles. The minimum Gasteiger partial charge on any atom is -0.385 e. The molecule has 0 fully saturated rings. The van der Waals surface area contributed by atoms with Gasteiger partial charge in [0.15, 0.2) is 0 Å². The van der Waals surface area contributed by atoms with Gasteiger partial charge < -0.3 is 15.5 Å². The maximum Gasteiger partial charge on any atom is 0.101 e. The maximum absolute atomic E-state index is 7.53. The highest BCUT2D eigenvalue weighted by atomic mass is 16.5. The van der Waals surface area contributed by atoms with E-state index >= 15 is 0 Å². The fourth-order valence-electron chi connectivity index (χ4n) is 2.60. The van der Waals surface area contributed by atoms with Crippen LogP contribution in [0.4, 0.5) is 5.69 Å². The van der Waals surface area contributed by atoms with Crippen LogP contribution in [0.2, 0.25) is 6.32 Å². The van der Waals surface area contributed by atoms with Crippen LogP contribution in [0.1, 0.15) is 31.4 Å². The average Bonchev–Trinajstić information content (AvgIpc) is 2.49. The van der Waals surface area contributed by atoms with Gasteiger partial charge in [-0.15, -0.1) is 0 Å². The molecule has 0 bridgehead atoms. The van der Waals surface area contributed by atoms with Crippen molar-refractivity contribution in [2.24, 2.45) is 11.8 Å². The molecule has 4 heteroatoms. The van der Waals surface area contributed by atoms with Crippen LogP contribution < -0.4 is 5.32 Å². The van der Waals surface area contributed by atoms with Crippen molar-refractivity contribution in [1.29, 1.82) is 5.41 Å². The summed E-state index contributed by atoms with van der Waals surface area (Å²) in [6, 6.07) is 6.41. The Bertz CT molecular complexity index is 435. The largest absolute Gasteiger partial charge is 0.385 e. The first-order valence-electron chi connectivity index (χ1n) is 7.98. The first-order valence-corrected chi connectivity index (χ1v) is 7.98. The third-order valence-electron chi connectivity index (χ3n) is 4.08. The summed E-state index contributed by atoms with van der Waals surface area (Å²) in [5.74, 6) is 1.42. The Morgan fingerprint density at radius 3 is 2.71 bits per heavy atom. The zero-order valence-electron chi connectivity index (χ0n) is 13.9. The van der Waals surface area contributed by atoms with Gasteiger partial charge in [0.25, 0.3) is 0 Å². The predicted molar refractivity (Wildman–Crippen MR) is 94.7 cm³/mol. The normalized spacial score (nSPS) is 12.4. The molecule has 0 aromatic heterocycles. The second-order valence-electron chi connectivity index (χ2n) is 5.96. The lowest BCUT2D eigenvalue weighted by atomic mass is 9.79. The van der Waals surface area contributed by atoms with Crippen molar-refractivity contribution in [1.82, 2.24) is 0 Å². The van der Waals surface area contributed by atoms with E-state index in [4.69, 9.17) is 10.1 Å². The van der Waals surface area contributed by atoms with Crippen molar-refractivity contribution >= 4 is 19.7 Å². The molecule has 2 N–H and O–H groups in total. The summed E-state index contributed by atoms with van der Waals surface area (Å²) in [6.45, 7) is 6.23. The van der Waals surface area contributed by atoms with Gasteiger partial charge in [-0.2, -0.15) is 0 Å². The third kappa shape index (κ3) is 5.92. The van der Waals surface area contributed by atoms with Crippen molar-refractivity contribution in [3.05, 3.63) is 29.3 Å². The average molecular weight is 288 g/mol. The topological polar surface area (TPSA) is 45.1 Å². The van der Waals surface area contributed by atoms with E-state index in [0.29, 0.717) is 5.92 Å². The first kappa shape index (κ1) is 17.8. The van der Waals surface area contributed by atoms with Crippen LogP contribution in [0.3, 0.4) is 0 Å². The molecule has 1 rings (SSSR count). The van der Waals surface area contributed by atoms with Gasteiger partial charge in [0.05, 0.1) is 0 Å². The van der Waals surface area contributed by atoms with Crippen molar-refractivity contribution in [3.63, 3.8) is 0 Å². The molecule has 0 saturated carbocycles. The number of nitrogens with one attached hydrogen (secondary N) is 2. The molecule has 0 radical (unpaired) electrons. The van der Waals surface area contributed by atoms with Gasteiger partial charge in [-0.1, -0.05) is 32.3 Å². The summed E-state index contributed by atoms with van der Waals surface area (Å²) in [7, 11) is 3.99. The SMILES string of the molecule is BC[C@H](Cc1ccc(C=N)c(NCCCOC)c1)C(C)C. The Morgan fingerprint density at radius 1 is 1.38 bits per heavy atom. The Kier molecular flexibility index (Phi) is 8.13. The third-order valence-corrected chi connectivity index (χ3v) is 4.08.